The fourth-order valence-corrected chi connectivity index (χ4v) is 3.81. The van der Waals surface area contributed by atoms with Gasteiger partial charge in [-0.1, -0.05) is 23.9 Å². The van der Waals surface area contributed by atoms with Gasteiger partial charge in [-0.15, -0.1) is 10.2 Å². The maximum atomic E-state index is 13.3. The third-order valence-electron chi connectivity index (χ3n) is 4.44. The molecule has 0 aliphatic rings. The predicted molar refractivity (Wildman–Crippen MR) is 111 cm³/mol. The maximum Gasteiger partial charge on any atom is 0.233 e. The normalized spacial score (nSPS) is 10.8. The largest absolute Gasteiger partial charge is 0.497 e. The van der Waals surface area contributed by atoms with E-state index in [-0.39, 0.29) is 17.5 Å². The number of aromatic nitrogens is 3. The molecule has 1 heterocycles. The van der Waals surface area contributed by atoms with Crippen LogP contribution in [0.2, 0.25) is 0 Å². The summed E-state index contributed by atoms with van der Waals surface area (Å²) in [5.74, 6) is 1.39. The Morgan fingerprint density at radius 1 is 1.21 bits per heavy atom. The lowest BCUT2D eigenvalue weighted by Crippen LogP contribution is -2.28. The zero-order chi connectivity index (χ0) is 20.8. The molecule has 2 aromatic carbocycles. The molecule has 0 spiro atoms. The quantitative estimate of drug-likeness (QED) is 0.524. The highest BCUT2D eigenvalue weighted by molar-refractivity contribution is 7.99. The van der Waals surface area contributed by atoms with E-state index in [0.717, 1.165) is 22.7 Å². The summed E-state index contributed by atoms with van der Waals surface area (Å²) in [6.07, 6.45) is 0. The first-order valence-electron chi connectivity index (χ1n) is 9.20. The van der Waals surface area contributed by atoms with Crippen LogP contribution in [0.5, 0.6) is 5.75 Å². The van der Waals surface area contributed by atoms with Crippen molar-refractivity contribution < 1.29 is 13.9 Å². The number of halogens is 1. The number of carbonyl (C=O) groups excluding carboxylic acids is 1. The summed E-state index contributed by atoms with van der Waals surface area (Å²) in [5.41, 5.74) is 1.69. The van der Waals surface area contributed by atoms with Crippen LogP contribution >= 0.6 is 11.8 Å². The van der Waals surface area contributed by atoms with Crippen molar-refractivity contribution >= 4 is 17.7 Å². The van der Waals surface area contributed by atoms with Crippen LogP contribution in [0.4, 0.5) is 4.39 Å². The first-order chi connectivity index (χ1) is 14.0. The molecule has 0 N–H and O–H groups in total. The Morgan fingerprint density at radius 2 is 1.97 bits per heavy atom. The van der Waals surface area contributed by atoms with E-state index in [1.54, 1.807) is 31.2 Å². The second kappa shape index (κ2) is 9.56. The van der Waals surface area contributed by atoms with Crippen LogP contribution in [-0.4, -0.2) is 45.5 Å². The molecule has 29 heavy (non-hydrogen) atoms. The zero-order valence-electron chi connectivity index (χ0n) is 16.6. The maximum absolute atomic E-state index is 13.3. The van der Waals surface area contributed by atoms with Gasteiger partial charge >= 0.3 is 0 Å². The van der Waals surface area contributed by atoms with Crippen LogP contribution in [-0.2, 0) is 17.9 Å². The molecule has 0 saturated heterocycles. The first-order valence-corrected chi connectivity index (χ1v) is 10.2. The summed E-state index contributed by atoms with van der Waals surface area (Å²) in [4.78, 5) is 14.1. The molecule has 0 fully saturated rings. The van der Waals surface area contributed by atoms with Gasteiger partial charge in [-0.05, 0) is 48.9 Å². The van der Waals surface area contributed by atoms with Crippen LogP contribution in [0.1, 0.15) is 12.5 Å². The fraction of sp³-hybridized carbons (Fsp3) is 0.286. The fourth-order valence-electron chi connectivity index (χ4n) is 2.87. The SMILES string of the molecule is CCn1c(SCC(=O)N(C)Cc2cccc(F)c2)nnc1-c1ccc(OC)cc1. The van der Waals surface area contributed by atoms with E-state index in [9.17, 15) is 9.18 Å². The van der Waals surface area contributed by atoms with E-state index in [1.165, 1.54) is 23.9 Å². The van der Waals surface area contributed by atoms with Crippen molar-refractivity contribution in [2.45, 2.75) is 25.2 Å². The summed E-state index contributed by atoms with van der Waals surface area (Å²) in [5, 5.41) is 9.24. The van der Waals surface area contributed by atoms with Crippen molar-refractivity contribution in [2.24, 2.45) is 0 Å². The van der Waals surface area contributed by atoms with Crippen LogP contribution < -0.4 is 4.74 Å². The van der Waals surface area contributed by atoms with E-state index >= 15 is 0 Å². The Balaban J connectivity index is 1.65. The average Bonchev–Trinajstić information content (AvgIpc) is 3.14. The van der Waals surface area contributed by atoms with Crippen LogP contribution in [0.15, 0.2) is 53.7 Å². The molecule has 0 aliphatic heterocycles. The second-order valence-electron chi connectivity index (χ2n) is 6.45. The van der Waals surface area contributed by atoms with Crippen molar-refractivity contribution in [3.63, 3.8) is 0 Å². The molecular weight excluding hydrogens is 391 g/mol. The van der Waals surface area contributed by atoms with Crippen LogP contribution in [0.3, 0.4) is 0 Å². The number of hydrogen-bond donors (Lipinski definition) is 0. The summed E-state index contributed by atoms with van der Waals surface area (Å²) >= 11 is 1.34. The molecule has 0 bridgehead atoms. The smallest absolute Gasteiger partial charge is 0.233 e. The molecular formula is C21H23FN4O2S. The standard InChI is InChI=1S/C21H23FN4O2S/c1-4-26-20(16-8-10-18(28-3)11-9-16)23-24-21(26)29-14-19(27)25(2)13-15-6-5-7-17(22)12-15/h5-12H,4,13-14H2,1-3H3. The first kappa shape index (κ1) is 20.9. The highest BCUT2D eigenvalue weighted by Crippen LogP contribution is 2.25. The Labute approximate surface area is 173 Å². The second-order valence-corrected chi connectivity index (χ2v) is 7.39. The van der Waals surface area contributed by atoms with Gasteiger partial charge in [0.15, 0.2) is 11.0 Å². The number of amides is 1. The number of hydrogen-bond acceptors (Lipinski definition) is 5. The Kier molecular flexibility index (Phi) is 6.87. The van der Waals surface area contributed by atoms with Crippen molar-refractivity contribution in [2.75, 3.05) is 19.9 Å². The third kappa shape index (κ3) is 5.14. The lowest BCUT2D eigenvalue weighted by atomic mass is 10.2. The minimum absolute atomic E-state index is 0.0593. The van der Waals surface area contributed by atoms with Crippen LogP contribution in [0.25, 0.3) is 11.4 Å². The van der Waals surface area contributed by atoms with E-state index in [0.29, 0.717) is 18.2 Å². The molecule has 0 saturated carbocycles. The van der Waals surface area contributed by atoms with Gasteiger partial charge in [-0.3, -0.25) is 4.79 Å². The number of benzene rings is 2. The van der Waals surface area contributed by atoms with E-state index in [1.807, 2.05) is 35.8 Å². The molecule has 0 unspecified atom stereocenters. The predicted octanol–water partition coefficient (Wildman–Crippen LogP) is 3.86. The highest BCUT2D eigenvalue weighted by atomic mass is 32.2. The lowest BCUT2D eigenvalue weighted by Gasteiger charge is -2.17. The van der Waals surface area contributed by atoms with Gasteiger partial charge in [0.1, 0.15) is 11.6 Å². The van der Waals surface area contributed by atoms with Gasteiger partial charge in [-0.25, -0.2) is 4.39 Å². The molecule has 0 radical (unpaired) electrons. The molecule has 1 aromatic heterocycles. The summed E-state index contributed by atoms with van der Waals surface area (Å²) in [7, 11) is 3.34. The van der Waals surface area contributed by atoms with Gasteiger partial charge in [0.05, 0.1) is 12.9 Å². The topological polar surface area (TPSA) is 60.2 Å². The number of nitrogens with zero attached hydrogens (tertiary/aromatic N) is 4. The van der Waals surface area contributed by atoms with Crippen molar-refractivity contribution in [1.82, 2.24) is 19.7 Å². The Morgan fingerprint density at radius 3 is 2.62 bits per heavy atom. The Bertz CT molecular complexity index is 975. The molecule has 0 aliphatic carbocycles. The number of thioether (sulfide) groups is 1. The van der Waals surface area contributed by atoms with Gasteiger partial charge in [0, 0.05) is 25.7 Å². The summed E-state index contributed by atoms with van der Waals surface area (Å²) in [6, 6.07) is 13.9. The molecule has 152 valence electrons. The van der Waals surface area contributed by atoms with E-state index < -0.39 is 0 Å². The van der Waals surface area contributed by atoms with Crippen molar-refractivity contribution in [3.05, 3.63) is 59.9 Å². The minimum atomic E-state index is -0.306. The number of methoxy groups -OCH3 is 1. The minimum Gasteiger partial charge on any atom is -0.497 e. The van der Waals surface area contributed by atoms with Gasteiger partial charge < -0.3 is 14.2 Å². The number of ether oxygens (including phenoxy) is 1. The van der Waals surface area contributed by atoms with Crippen molar-refractivity contribution in [3.8, 4) is 17.1 Å². The molecule has 8 heteroatoms. The molecule has 1 amide bonds. The van der Waals surface area contributed by atoms with E-state index in [2.05, 4.69) is 10.2 Å². The van der Waals surface area contributed by atoms with E-state index in [4.69, 9.17) is 4.74 Å². The van der Waals surface area contributed by atoms with Crippen LogP contribution in [0, 0.1) is 5.82 Å². The lowest BCUT2D eigenvalue weighted by molar-refractivity contribution is -0.127. The average molecular weight is 415 g/mol. The molecule has 3 aromatic rings. The summed E-state index contributed by atoms with van der Waals surface area (Å²) < 4.78 is 20.5. The molecule has 3 rings (SSSR count). The Hall–Kier alpha value is -2.87. The van der Waals surface area contributed by atoms with Gasteiger partial charge in [-0.2, -0.15) is 0 Å². The monoisotopic (exact) mass is 414 g/mol. The number of carbonyl (C=O) groups is 1. The van der Waals surface area contributed by atoms with Gasteiger partial charge in [0.2, 0.25) is 5.91 Å². The third-order valence-corrected chi connectivity index (χ3v) is 5.39. The zero-order valence-corrected chi connectivity index (χ0v) is 17.4. The van der Waals surface area contributed by atoms with Gasteiger partial charge in [0.25, 0.3) is 0 Å². The highest BCUT2D eigenvalue weighted by Gasteiger charge is 2.16. The number of rotatable bonds is 8. The summed E-state index contributed by atoms with van der Waals surface area (Å²) in [6.45, 7) is 3.05. The molecule has 0 atom stereocenters. The van der Waals surface area contributed by atoms with Crippen molar-refractivity contribution in [1.29, 1.82) is 0 Å². The molecule has 6 nitrogen and oxygen atoms in total.